The van der Waals surface area contributed by atoms with E-state index in [4.69, 9.17) is 5.11 Å². The molecule has 2 fully saturated rings. The zero-order valence-electron chi connectivity index (χ0n) is 22.3. The summed E-state index contributed by atoms with van der Waals surface area (Å²) < 4.78 is 0. The van der Waals surface area contributed by atoms with Gasteiger partial charge in [-0.2, -0.15) is 0 Å². The quantitative estimate of drug-likeness (QED) is 0.241. The third-order valence-electron chi connectivity index (χ3n) is 7.31. The lowest BCUT2D eigenvalue weighted by Crippen LogP contribution is -2.51. The lowest BCUT2D eigenvalue weighted by molar-refractivity contribution is -0.137. The summed E-state index contributed by atoms with van der Waals surface area (Å²) in [5.74, 6) is -0.400. The molecule has 0 bridgehead atoms. The Labute approximate surface area is 215 Å². The highest BCUT2D eigenvalue weighted by Crippen LogP contribution is 2.24. The highest BCUT2D eigenvalue weighted by Gasteiger charge is 2.27. The molecular weight excluding hydrogens is 462 g/mol. The molecule has 2 aliphatic rings. The van der Waals surface area contributed by atoms with Crippen LogP contribution >= 0.6 is 0 Å². The Bertz CT molecular complexity index is 724. The molecule has 0 aromatic carbocycles. The van der Waals surface area contributed by atoms with Gasteiger partial charge in [0, 0.05) is 31.2 Å². The molecule has 4 amide bonds. The van der Waals surface area contributed by atoms with Crippen LogP contribution in [-0.4, -0.2) is 78.1 Å². The predicted octanol–water partition coefficient (Wildman–Crippen LogP) is 2.23. The van der Waals surface area contributed by atoms with Crippen molar-refractivity contribution in [2.24, 2.45) is 11.8 Å². The van der Waals surface area contributed by atoms with E-state index in [0.717, 1.165) is 44.9 Å². The maximum atomic E-state index is 12.7. The van der Waals surface area contributed by atoms with E-state index < -0.39 is 5.97 Å². The number of carbonyl (C=O) groups is 4. The summed E-state index contributed by atoms with van der Waals surface area (Å²) in [6.07, 6.45) is 8.53. The third-order valence-corrected chi connectivity index (χ3v) is 7.31. The van der Waals surface area contributed by atoms with Crippen molar-refractivity contribution in [1.29, 1.82) is 0 Å². The normalized spacial score (nSPS) is 24.1. The van der Waals surface area contributed by atoms with Crippen LogP contribution in [0.4, 0.5) is 4.79 Å². The predicted molar refractivity (Wildman–Crippen MR) is 138 cm³/mol. The van der Waals surface area contributed by atoms with Crippen molar-refractivity contribution in [1.82, 2.24) is 26.2 Å². The van der Waals surface area contributed by atoms with Gasteiger partial charge in [0.05, 0.1) is 19.5 Å². The molecule has 0 saturated heterocycles. The van der Waals surface area contributed by atoms with Crippen LogP contribution in [0.15, 0.2) is 0 Å². The summed E-state index contributed by atoms with van der Waals surface area (Å²) in [4.78, 5) is 50.0. The Morgan fingerprint density at radius 1 is 0.917 bits per heavy atom. The molecule has 206 valence electrons. The number of amides is 4. The van der Waals surface area contributed by atoms with Gasteiger partial charge in [-0.15, -0.1) is 0 Å². The Morgan fingerprint density at radius 3 is 2.17 bits per heavy atom. The van der Waals surface area contributed by atoms with Crippen molar-refractivity contribution >= 4 is 23.8 Å². The van der Waals surface area contributed by atoms with Gasteiger partial charge in [-0.05, 0) is 56.8 Å². The van der Waals surface area contributed by atoms with Crippen molar-refractivity contribution < 1.29 is 24.3 Å². The van der Waals surface area contributed by atoms with Crippen LogP contribution in [0.1, 0.15) is 85.0 Å². The number of carbonyl (C=O) groups excluding carboxylic acids is 3. The molecular formula is C26H47N5O5. The number of aliphatic carboxylic acids is 1. The largest absolute Gasteiger partial charge is 0.481 e. The molecule has 2 atom stereocenters. The van der Waals surface area contributed by atoms with Crippen LogP contribution in [0.5, 0.6) is 0 Å². The van der Waals surface area contributed by atoms with Crippen LogP contribution < -0.4 is 21.3 Å². The van der Waals surface area contributed by atoms with Gasteiger partial charge in [0.25, 0.3) is 0 Å². The van der Waals surface area contributed by atoms with Gasteiger partial charge in [0.1, 0.15) is 0 Å². The zero-order chi connectivity index (χ0) is 26.5. The van der Waals surface area contributed by atoms with Crippen LogP contribution in [0.2, 0.25) is 0 Å². The minimum atomic E-state index is -0.921. The first-order valence-electron chi connectivity index (χ1n) is 13.7. The summed E-state index contributed by atoms with van der Waals surface area (Å²) in [5.41, 5.74) is 0. The molecule has 2 saturated carbocycles. The van der Waals surface area contributed by atoms with Crippen molar-refractivity contribution in [2.45, 2.75) is 103 Å². The number of carboxylic acid groups (broad SMARTS) is 1. The average molecular weight is 510 g/mol. The van der Waals surface area contributed by atoms with E-state index in [2.05, 4.69) is 42.0 Å². The van der Waals surface area contributed by atoms with Gasteiger partial charge in [-0.25, -0.2) is 4.79 Å². The number of nitrogens with zero attached hydrogens (tertiary/aromatic N) is 1. The SMILES string of the molecule is CC(C)CCN(CC(=O)NC1CCC(NC(=O)NC2CCCCC2C)CC1)C(=O)CNCCC(=O)O. The second kappa shape index (κ2) is 15.7. The molecule has 0 aromatic rings. The highest BCUT2D eigenvalue weighted by atomic mass is 16.4. The minimum Gasteiger partial charge on any atom is -0.481 e. The summed E-state index contributed by atoms with van der Waals surface area (Å²) in [7, 11) is 0. The van der Waals surface area contributed by atoms with E-state index in [9.17, 15) is 19.2 Å². The van der Waals surface area contributed by atoms with Crippen LogP contribution in [0.25, 0.3) is 0 Å². The second-order valence-corrected chi connectivity index (χ2v) is 10.9. The fraction of sp³-hybridized carbons (Fsp3) is 0.846. The van der Waals surface area contributed by atoms with Crippen molar-refractivity contribution in [3.63, 3.8) is 0 Å². The van der Waals surface area contributed by atoms with E-state index in [1.165, 1.54) is 12.8 Å². The number of hydrogen-bond acceptors (Lipinski definition) is 5. The first-order chi connectivity index (χ1) is 17.1. The Hall–Kier alpha value is -2.36. The van der Waals surface area contributed by atoms with Gasteiger partial charge in [-0.1, -0.05) is 33.6 Å². The van der Waals surface area contributed by atoms with Gasteiger partial charge in [0.2, 0.25) is 11.8 Å². The van der Waals surface area contributed by atoms with E-state index in [0.29, 0.717) is 18.4 Å². The Kier molecular flexibility index (Phi) is 13.0. The molecule has 36 heavy (non-hydrogen) atoms. The van der Waals surface area contributed by atoms with Crippen molar-refractivity contribution in [2.75, 3.05) is 26.2 Å². The molecule has 0 aliphatic heterocycles. The number of rotatable bonds is 13. The highest BCUT2D eigenvalue weighted by molar-refractivity contribution is 5.85. The number of urea groups is 1. The van der Waals surface area contributed by atoms with Gasteiger partial charge >= 0.3 is 12.0 Å². The molecule has 0 radical (unpaired) electrons. The number of nitrogens with one attached hydrogen (secondary N) is 4. The molecule has 10 nitrogen and oxygen atoms in total. The molecule has 5 N–H and O–H groups in total. The van der Waals surface area contributed by atoms with Crippen LogP contribution in [0, 0.1) is 11.8 Å². The van der Waals surface area contributed by atoms with Crippen molar-refractivity contribution in [3.05, 3.63) is 0 Å². The summed E-state index contributed by atoms with van der Waals surface area (Å²) in [6, 6.07) is 0.311. The smallest absolute Gasteiger partial charge is 0.315 e. The number of hydrogen-bond donors (Lipinski definition) is 5. The Morgan fingerprint density at radius 2 is 1.56 bits per heavy atom. The van der Waals surface area contributed by atoms with Gasteiger partial charge < -0.3 is 31.3 Å². The topological polar surface area (TPSA) is 140 Å². The summed E-state index contributed by atoms with van der Waals surface area (Å²) in [5, 5.41) is 20.9. The minimum absolute atomic E-state index is 0.00762. The van der Waals surface area contributed by atoms with Crippen molar-refractivity contribution in [3.8, 4) is 0 Å². The molecule has 2 aliphatic carbocycles. The fourth-order valence-corrected chi connectivity index (χ4v) is 4.96. The molecule has 2 rings (SSSR count). The molecule has 0 aromatic heterocycles. The maximum absolute atomic E-state index is 12.7. The number of carboxylic acids is 1. The standard InChI is InChI=1S/C26H47N5O5/c1-18(2)13-15-31(24(33)16-27-14-12-25(34)35)17-23(32)28-20-8-10-21(11-9-20)29-26(36)30-22-7-5-4-6-19(22)3/h18-22,27H,4-17H2,1-3H3,(H,28,32)(H,34,35)(H2,29,30,36). The fourth-order valence-electron chi connectivity index (χ4n) is 4.96. The summed E-state index contributed by atoms with van der Waals surface area (Å²) in [6.45, 7) is 7.03. The van der Waals surface area contributed by atoms with Crippen LogP contribution in [0.3, 0.4) is 0 Å². The van der Waals surface area contributed by atoms with E-state index in [-0.39, 0.29) is 62.0 Å². The zero-order valence-corrected chi connectivity index (χ0v) is 22.3. The second-order valence-electron chi connectivity index (χ2n) is 10.9. The first kappa shape index (κ1) is 29.9. The van der Waals surface area contributed by atoms with E-state index >= 15 is 0 Å². The Balaban J connectivity index is 1.72. The first-order valence-corrected chi connectivity index (χ1v) is 13.7. The van der Waals surface area contributed by atoms with Crippen LogP contribution in [-0.2, 0) is 14.4 Å². The lowest BCUT2D eigenvalue weighted by Gasteiger charge is -2.33. The van der Waals surface area contributed by atoms with Gasteiger partial charge in [-0.3, -0.25) is 14.4 Å². The molecule has 10 heteroatoms. The third kappa shape index (κ3) is 11.6. The monoisotopic (exact) mass is 509 g/mol. The molecule has 0 spiro atoms. The molecule has 2 unspecified atom stereocenters. The maximum Gasteiger partial charge on any atom is 0.315 e. The van der Waals surface area contributed by atoms with Gasteiger partial charge in [0.15, 0.2) is 0 Å². The van der Waals surface area contributed by atoms with E-state index in [1.807, 2.05) is 0 Å². The summed E-state index contributed by atoms with van der Waals surface area (Å²) >= 11 is 0. The molecule has 0 heterocycles. The average Bonchev–Trinajstić information content (AvgIpc) is 2.82. The lowest BCUT2D eigenvalue weighted by atomic mass is 9.86. The van der Waals surface area contributed by atoms with E-state index in [1.54, 1.807) is 4.90 Å².